The van der Waals surface area contributed by atoms with Gasteiger partial charge in [0.1, 0.15) is 12.4 Å². The van der Waals surface area contributed by atoms with Crippen LogP contribution in [-0.4, -0.2) is 22.8 Å². The summed E-state index contributed by atoms with van der Waals surface area (Å²) in [5.41, 5.74) is 4.51. The molecule has 29 heavy (non-hydrogen) atoms. The Hall–Kier alpha value is -2.86. The highest BCUT2D eigenvalue weighted by molar-refractivity contribution is 5.91. The molecular formula is C23H27N3O3. The number of ether oxygens (including phenoxy) is 1. The van der Waals surface area contributed by atoms with Crippen molar-refractivity contribution in [1.82, 2.24) is 15.1 Å². The molecule has 6 heteroatoms. The first-order valence-corrected chi connectivity index (χ1v) is 9.89. The molecule has 4 rings (SSSR count). The van der Waals surface area contributed by atoms with E-state index in [-0.39, 0.29) is 17.4 Å². The van der Waals surface area contributed by atoms with Gasteiger partial charge in [-0.25, -0.2) is 4.68 Å². The lowest BCUT2D eigenvalue weighted by molar-refractivity contribution is 0.0882. The first-order chi connectivity index (χ1) is 13.9. The molecule has 152 valence electrons. The number of benzene rings is 1. The number of rotatable bonds is 5. The highest BCUT2D eigenvalue weighted by Crippen LogP contribution is 2.41. The molecule has 0 bridgehead atoms. The van der Waals surface area contributed by atoms with E-state index in [0.29, 0.717) is 18.1 Å². The van der Waals surface area contributed by atoms with E-state index in [2.05, 4.69) is 55.5 Å². The zero-order chi connectivity index (χ0) is 20.6. The van der Waals surface area contributed by atoms with Gasteiger partial charge in [0.05, 0.1) is 23.6 Å². The third kappa shape index (κ3) is 3.98. The molecule has 1 amide bonds. The monoisotopic (exact) mass is 393 g/mol. The number of methoxy groups -OCH3 is 1. The van der Waals surface area contributed by atoms with Crippen LogP contribution in [-0.2, 0) is 17.8 Å². The Morgan fingerprint density at radius 3 is 2.76 bits per heavy atom. The summed E-state index contributed by atoms with van der Waals surface area (Å²) in [6.07, 6.45) is 3.63. The number of carbonyl (C=O) groups is 1. The molecule has 1 aliphatic carbocycles. The fourth-order valence-electron chi connectivity index (χ4n) is 4.03. The minimum absolute atomic E-state index is 0.0395. The van der Waals surface area contributed by atoms with E-state index in [1.807, 2.05) is 10.9 Å². The maximum atomic E-state index is 12.8. The molecule has 1 aliphatic rings. The summed E-state index contributed by atoms with van der Waals surface area (Å²) in [5.74, 6) is 0.714. The molecule has 0 unspecified atom stereocenters. The summed E-state index contributed by atoms with van der Waals surface area (Å²) in [6.45, 7) is 6.87. The van der Waals surface area contributed by atoms with Crippen LogP contribution in [0.2, 0.25) is 0 Å². The van der Waals surface area contributed by atoms with Crippen molar-refractivity contribution in [2.75, 3.05) is 7.11 Å². The Morgan fingerprint density at radius 1 is 1.28 bits per heavy atom. The number of carbonyl (C=O) groups excluding carboxylic acids is 1. The van der Waals surface area contributed by atoms with Crippen LogP contribution in [0.4, 0.5) is 0 Å². The molecule has 1 atom stereocenters. The summed E-state index contributed by atoms with van der Waals surface area (Å²) in [7, 11) is 1.60. The molecule has 2 aromatic heterocycles. The molecule has 0 radical (unpaired) electrons. The van der Waals surface area contributed by atoms with Crippen LogP contribution < -0.4 is 5.32 Å². The molecule has 6 nitrogen and oxygen atoms in total. The van der Waals surface area contributed by atoms with Crippen molar-refractivity contribution in [3.63, 3.8) is 0 Å². The summed E-state index contributed by atoms with van der Waals surface area (Å²) >= 11 is 0. The van der Waals surface area contributed by atoms with Crippen molar-refractivity contribution in [3.8, 4) is 5.69 Å². The van der Waals surface area contributed by atoms with E-state index in [1.54, 1.807) is 19.2 Å². The third-order valence-electron chi connectivity index (χ3n) is 5.44. The second-order valence-corrected chi connectivity index (χ2v) is 8.56. The number of fused-ring (bicyclic) bond motifs is 1. The maximum Gasteiger partial charge on any atom is 0.287 e. The summed E-state index contributed by atoms with van der Waals surface area (Å²) in [5, 5.41) is 7.80. The van der Waals surface area contributed by atoms with Crippen molar-refractivity contribution < 1.29 is 13.9 Å². The van der Waals surface area contributed by atoms with Gasteiger partial charge in [-0.1, -0.05) is 31.5 Å². The van der Waals surface area contributed by atoms with Gasteiger partial charge >= 0.3 is 0 Å². The van der Waals surface area contributed by atoms with Crippen LogP contribution in [0.5, 0.6) is 0 Å². The van der Waals surface area contributed by atoms with Gasteiger partial charge in [0.25, 0.3) is 5.91 Å². The second kappa shape index (κ2) is 7.52. The normalized spacial score (nSPS) is 17.7. The van der Waals surface area contributed by atoms with Crippen molar-refractivity contribution in [3.05, 3.63) is 70.9 Å². The first-order valence-electron chi connectivity index (χ1n) is 9.89. The molecule has 0 aliphatic heterocycles. The Bertz CT molecular complexity index is 1010. The number of nitrogens with zero attached hydrogens (tertiary/aromatic N) is 2. The molecule has 2 heterocycles. The molecule has 0 spiro atoms. The Labute approximate surface area is 170 Å². The van der Waals surface area contributed by atoms with Crippen LogP contribution >= 0.6 is 0 Å². The smallest absolute Gasteiger partial charge is 0.287 e. The number of aromatic nitrogens is 2. The number of nitrogens with one attached hydrogen (secondary N) is 1. The fourth-order valence-corrected chi connectivity index (χ4v) is 4.03. The van der Waals surface area contributed by atoms with Gasteiger partial charge in [-0.2, -0.15) is 5.10 Å². The zero-order valence-electron chi connectivity index (χ0n) is 17.4. The van der Waals surface area contributed by atoms with Gasteiger partial charge in [0, 0.05) is 12.7 Å². The molecule has 0 fully saturated rings. The average molecular weight is 393 g/mol. The van der Waals surface area contributed by atoms with E-state index in [1.165, 1.54) is 5.56 Å². The van der Waals surface area contributed by atoms with Crippen molar-refractivity contribution >= 4 is 5.91 Å². The van der Waals surface area contributed by atoms with Gasteiger partial charge in [-0.05, 0) is 49.4 Å². The lowest BCUT2D eigenvalue weighted by Gasteiger charge is -2.35. The maximum absolute atomic E-state index is 12.8. The van der Waals surface area contributed by atoms with Crippen LogP contribution in [0.15, 0.2) is 47.0 Å². The van der Waals surface area contributed by atoms with Crippen LogP contribution in [0.1, 0.15) is 59.4 Å². The molecule has 1 aromatic carbocycles. The predicted molar refractivity (Wildman–Crippen MR) is 110 cm³/mol. The van der Waals surface area contributed by atoms with Gasteiger partial charge in [-0.3, -0.25) is 4.79 Å². The summed E-state index contributed by atoms with van der Waals surface area (Å²) < 4.78 is 12.7. The largest absolute Gasteiger partial charge is 0.453 e. The van der Waals surface area contributed by atoms with E-state index in [0.717, 1.165) is 29.8 Å². The highest BCUT2D eigenvalue weighted by atomic mass is 16.5. The van der Waals surface area contributed by atoms with Crippen LogP contribution in [0, 0.1) is 12.3 Å². The fraction of sp³-hybridized carbons (Fsp3) is 0.391. The quantitative estimate of drug-likeness (QED) is 0.699. The topological polar surface area (TPSA) is 69.3 Å². The standard InChI is InChI=1S/C23H27N3O3/c1-15-5-7-16(8-6-15)26-20-12-23(2,3)11-19(18(20)13-24-26)25-22(27)21-10-9-17(29-21)14-28-4/h5-10,13,19H,11-12,14H2,1-4H3,(H,25,27)/t19-/m1/s1. The van der Waals surface area contributed by atoms with E-state index in [9.17, 15) is 4.79 Å². The number of aryl methyl sites for hydroxylation is 1. The molecule has 0 saturated heterocycles. The molecule has 0 saturated carbocycles. The summed E-state index contributed by atoms with van der Waals surface area (Å²) in [6, 6.07) is 11.7. The number of hydrogen-bond acceptors (Lipinski definition) is 4. The van der Waals surface area contributed by atoms with Gasteiger partial charge < -0.3 is 14.5 Å². The lowest BCUT2D eigenvalue weighted by atomic mass is 9.74. The number of furan rings is 1. The Kier molecular flexibility index (Phi) is 5.04. The Balaban J connectivity index is 1.62. The minimum Gasteiger partial charge on any atom is -0.453 e. The van der Waals surface area contributed by atoms with Crippen molar-refractivity contribution in [2.45, 2.75) is 46.3 Å². The van der Waals surface area contributed by atoms with Crippen LogP contribution in [0.3, 0.4) is 0 Å². The van der Waals surface area contributed by atoms with E-state index >= 15 is 0 Å². The van der Waals surface area contributed by atoms with Crippen molar-refractivity contribution in [2.24, 2.45) is 5.41 Å². The highest BCUT2D eigenvalue weighted by Gasteiger charge is 2.36. The van der Waals surface area contributed by atoms with Gasteiger partial charge in [0.2, 0.25) is 0 Å². The molecular weight excluding hydrogens is 366 g/mol. The third-order valence-corrected chi connectivity index (χ3v) is 5.44. The minimum atomic E-state index is -0.218. The Morgan fingerprint density at radius 2 is 2.03 bits per heavy atom. The lowest BCUT2D eigenvalue weighted by Crippen LogP contribution is -2.36. The summed E-state index contributed by atoms with van der Waals surface area (Å²) in [4.78, 5) is 12.8. The van der Waals surface area contributed by atoms with Gasteiger partial charge in [-0.15, -0.1) is 0 Å². The van der Waals surface area contributed by atoms with E-state index < -0.39 is 0 Å². The van der Waals surface area contributed by atoms with Gasteiger partial charge in [0.15, 0.2) is 5.76 Å². The second-order valence-electron chi connectivity index (χ2n) is 8.56. The SMILES string of the molecule is COCc1ccc(C(=O)N[C@@H]2CC(C)(C)Cc3c2cnn3-c2ccc(C)cc2)o1. The predicted octanol–water partition coefficient (Wildman–Crippen LogP) is 4.36. The van der Waals surface area contributed by atoms with E-state index in [4.69, 9.17) is 9.15 Å². The average Bonchev–Trinajstić information content (AvgIpc) is 3.29. The number of amides is 1. The molecule has 1 N–H and O–H groups in total. The zero-order valence-corrected chi connectivity index (χ0v) is 17.4. The van der Waals surface area contributed by atoms with Crippen molar-refractivity contribution in [1.29, 1.82) is 0 Å². The number of hydrogen-bond donors (Lipinski definition) is 1. The van der Waals surface area contributed by atoms with Crippen LogP contribution in [0.25, 0.3) is 5.69 Å². The first kappa shape index (κ1) is 19.5. The molecule has 3 aromatic rings.